The molecule has 5 rings (SSSR count). The van der Waals surface area contributed by atoms with Crippen LogP contribution in [0.4, 0.5) is 5.82 Å². The number of nitrogens with zero attached hydrogens (tertiary/aromatic N) is 7. The van der Waals surface area contributed by atoms with E-state index in [1.807, 2.05) is 25.3 Å². The molecule has 1 saturated heterocycles. The van der Waals surface area contributed by atoms with Crippen molar-refractivity contribution in [2.24, 2.45) is 0 Å². The molecule has 0 radical (unpaired) electrons. The summed E-state index contributed by atoms with van der Waals surface area (Å²) in [5, 5.41) is 16.8. The Labute approximate surface area is 145 Å². The van der Waals surface area contributed by atoms with Crippen LogP contribution in [0, 0.1) is 6.92 Å². The predicted molar refractivity (Wildman–Crippen MR) is 91.5 cm³/mol. The Morgan fingerprint density at radius 2 is 2.08 bits per heavy atom. The van der Waals surface area contributed by atoms with Crippen molar-refractivity contribution in [3.8, 4) is 0 Å². The lowest BCUT2D eigenvalue weighted by Crippen LogP contribution is -2.58. The van der Waals surface area contributed by atoms with Crippen LogP contribution in [0.2, 0.25) is 0 Å². The van der Waals surface area contributed by atoms with Gasteiger partial charge in [-0.15, -0.1) is 15.3 Å². The Bertz CT molecular complexity index is 907. The van der Waals surface area contributed by atoms with Gasteiger partial charge in [0.25, 0.3) is 0 Å². The summed E-state index contributed by atoms with van der Waals surface area (Å²) in [6, 6.07) is 4.50. The Morgan fingerprint density at radius 1 is 1.24 bits per heavy atom. The standard InChI is InChI=1S/C17H21N7O/c1-11-19-20-15-5-6-16(21-24(11)15)23-9-14(10-23)22(2)8-13-7-18-25-17(13)12-3-4-12/h5-7,12,14H,3-4,8-10H2,1-2H3. The highest BCUT2D eigenvalue weighted by Crippen LogP contribution is 2.42. The van der Waals surface area contributed by atoms with Crippen molar-refractivity contribution in [3.63, 3.8) is 0 Å². The largest absolute Gasteiger partial charge is 0.361 e. The number of rotatable bonds is 5. The topological polar surface area (TPSA) is 75.6 Å². The van der Waals surface area contributed by atoms with Gasteiger partial charge in [-0.05, 0) is 38.9 Å². The molecule has 130 valence electrons. The molecule has 4 heterocycles. The van der Waals surface area contributed by atoms with E-state index in [0.717, 1.165) is 42.7 Å². The highest BCUT2D eigenvalue weighted by atomic mass is 16.5. The summed E-state index contributed by atoms with van der Waals surface area (Å²) in [6.07, 6.45) is 4.35. The minimum absolute atomic E-state index is 0.515. The SMILES string of the molecule is Cc1nnc2ccc(N3CC(N(C)Cc4cnoc4C4CC4)C3)nn12. The van der Waals surface area contributed by atoms with Crippen molar-refractivity contribution in [2.75, 3.05) is 25.0 Å². The van der Waals surface area contributed by atoms with Crippen LogP contribution in [0.25, 0.3) is 5.65 Å². The maximum Gasteiger partial charge on any atom is 0.178 e. The number of hydrogen-bond acceptors (Lipinski definition) is 7. The summed E-state index contributed by atoms with van der Waals surface area (Å²) in [5.41, 5.74) is 2.03. The zero-order valence-corrected chi connectivity index (χ0v) is 14.5. The average Bonchev–Trinajstić information content (AvgIpc) is 3.20. The molecule has 0 bridgehead atoms. The van der Waals surface area contributed by atoms with Crippen LogP contribution in [-0.4, -0.2) is 56.0 Å². The van der Waals surface area contributed by atoms with Gasteiger partial charge in [-0.25, -0.2) is 0 Å². The van der Waals surface area contributed by atoms with Gasteiger partial charge >= 0.3 is 0 Å². The predicted octanol–water partition coefficient (Wildman–Crippen LogP) is 1.62. The third-order valence-corrected chi connectivity index (χ3v) is 5.26. The molecule has 0 unspecified atom stereocenters. The summed E-state index contributed by atoms with van der Waals surface area (Å²) in [7, 11) is 2.17. The van der Waals surface area contributed by atoms with E-state index in [2.05, 4.69) is 37.3 Å². The van der Waals surface area contributed by atoms with Crippen molar-refractivity contribution in [2.45, 2.75) is 38.3 Å². The Kier molecular flexibility index (Phi) is 3.27. The van der Waals surface area contributed by atoms with Gasteiger partial charge in [0.05, 0.1) is 6.20 Å². The highest BCUT2D eigenvalue weighted by Gasteiger charge is 2.34. The van der Waals surface area contributed by atoms with Crippen molar-refractivity contribution < 1.29 is 4.52 Å². The number of hydrogen-bond donors (Lipinski definition) is 0. The third-order valence-electron chi connectivity index (χ3n) is 5.26. The second-order valence-electron chi connectivity index (χ2n) is 7.17. The molecule has 8 heteroatoms. The van der Waals surface area contributed by atoms with E-state index in [4.69, 9.17) is 4.52 Å². The molecule has 0 amide bonds. The maximum absolute atomic E-state index is 5.44. The van der Waals surface area contributed by atoms with E-state index in [1.165, 1.54) is 18.4 Å². The van der Waals surface area contributed by atoms with Gasteiger partial charge in [-0.2, -0.15) is 4.52 Å². The monoisotopic (exact) mass is 339 g/mol. The lowest BCUT2D eigenvalue weighted by atomic mass is 10.1. The number of anilines is 1. The first-order chi connectivity index (χ1) is 12.2. The average molecular weight is 339 g/mol. The molecule has 1 saturated carbocycles. The van der Waals surface area contributed by atoms with Gasteiger partial charge < -0.3 is 9.42 Å². The molecule has 0 spiro atoms. The molecule has 1 aliphatic carbocycles. The quantitative estimate of drug-likeness (QED) is 0.699. The molecule has 3 aromatic heterocycles. The molecule has 0 N–H and O–H groups in total. The second-order valence-corrected chi connectivity index (χ2v) is 7.17. The van der Waals surface area contributed by atoms with Crippen LogP contribution < -0.4 is 4.90 Å². The number of aromatic nitrogens is 5. The van der Waals surface area contributed by atoms with E-state index in [9.17, 15) is 0 Å². The van der Waals surface area contributed by atoms with Gasteiger partial charge in [-0.3, -0.25) is 4.90 Å². The highest BCUT2D eigenvalue weighted by molar-refractivity contribution is 5.47. The van der Waals surface area contributed by atoms with Crippen LogP contribution in [0.5, 0.6) is 0 Å². The number of likely N-dealkylation sites (N-methyl/N-ethyl adjacent to an activating group) is 1. The Hall–Kier alpha value is -2.48. The summed E-state index contributed by atoms with van der Waals surface area (Å²) in [4.78, 5) is 4.67. The van der Waals surface area contributed by atoms with Gasteiger partial charge in [0, 0.05) is 37.2 Å². The fourth-order valence-electron chi connectivity index (χ4n) is 3.44. The van der Waals surface area contributed by atoms with Crippen LogP contribution in [-0.2, 0) is 6.54 Å². The Balaban J connectivity index is 1.24. The van der Waals surface area contributed by atoms with Gasteiger partial charge in [0.1, 0.15) is 11.6 Å². The van der Waals surface area contributed by atoms with Crippen LogP contribution in [0.3, 0.4) is 0 Å². The first kappa shape index (κ1) is 14.8. The van der Waals surface area contributed by atoms with E-state index in [0.29, 0.717) is 12.0 Å². The van der Waals surface area contributed by atoms with Gasteiger partial charge in [0.2, 0.25) is 0 Å². The Morgan fingerprint density at radius 3 is 2.88 bits per heavy atom. The van der Waals surface area contributed by atoms with Crippen LogP contribution in [0.1, 0.15) is 35.9 Å². The number of aryl methyl sites for hydroxylation is 1. The third kappa shape index (κ3) is 2.57. The molecular weight excluding hydrogens is 318 g/mol. The van der Waals surface area contributed by atoms with E-state index in [1.54, 1.807) is 4.52 Å². The lowest BCUT2D eigenvalue weighted by molar-refractivity contribution is 0.195. The normalized spacial score (nSPS) is 18.3. The molecule has 1 aliphatic heterocycles. The smallest absolute Gasteiger partial charge is 0.178 e. The van der Waals surface area contributed by atoms with Crippen LogP contribution >= 0.6 is 0 Å². The molecule has 2 fully saturated rings. The van der Waals surface area contributed by atoms with Gasteiger partial charge in [-0.1, -0.05) is 5.16 Å². The molecule has 25 heavy (non-hydrogen) atoms. The zero-order valence-electron chi connectivity index (χ0n) is 14.5. The van der Waals surface area contributed by atoms with Crippen molar-refractivity contribution in [1.82, 2.24) is 29.9 Å². The number of fused-ring (bicyclic) bond motifs is 1. The van der Waals surface area contributed by atoms with Crippen molar-refractivity contribution in [3.05, 3.63) is 35.5 Å². The summed E-state index contributed by atoms with van der Waals surface area (Å²) >= 11 is 0. The molecular formula is C17H21N7O. The fraction of sp³-hybridized carbons (Fsp3) is 0.529. The van der Waals surface area contributed by atoms with Gasteiger partial charge in [0.15, 0.2) is 11.5 Å². The summed E-state index contributed by atoms with van der Waals surface area (Å²) in [6.45, 7) is 4.76. The van der Waals surface area contributed by atoms with Crippen molar-refractivity contribution >= 4 is 11.5 Å². The lowest BCUT2D eigenvalue weighted by Gasteiger charge is -2.44. The van der Waals surface area contributed by atoms with E-state index < -0.39 is 0 Å². The van der Waals surface area contributed by atoms with E-state index >= 15 is 0 Å². The van der Waals surface area contributed by atoms with Crippen LogP contribution in [0.15, 0.2) is 22.9 Å². The zero-order chi connectivity index (χ0) is 17.0. The summed E-state index contributed by atoms with van der Waals surface area (Å²) < 4.78 is 7.24. The second kappa shape index (κ2) is 5.52. The maximum atomic E-state index is 5.44. The molecule has 0 aromatic carbocycles. The molecule has 8 nitrogen and oxygen atoms in total. The fourth-order valence-corrected chi connectivity index (χ4v) is 3.44. The molecule has 3 aromatic rings. The molecule has 0 atom stereocenters. The van der Waals surface area contributed by atoms with E-state index in [-0.39, 0.29) is 0 Å². The molecule has 2 aliphatic rings. The summed E-state index contributed by atoms with van der Waals surface area (Å²) in [5.74, 6) is 3.49. The minimum atomic E-state index is 0.515. The minimum Gasteiger partial charge on any atom is -0.361 e. The first-order valence-corrected chi connectivity index (χ1v) is 8.77. The van der Waals surface area contributed by atoms with Crippen molar-refractivity contribution in [1.29, 1.82) is 0 Å². The first-order valence-electron chi connectivity index (χ1n) is 8.77.